The normalized spacial score (nSPS) is 22.0. The summed E-state index contributed by atoms with van der Waals surface area (Å²) in [5.74, 6) is -0.422. The van der Waals surface area contributed by atoms with E-state index in [0.717, 1.165) is 7.05 Å². The summed E-state index contributed by atoms with van der Waals surface area (Å²) in [5, 5.41) is 12.9. The van der Waals surface area contributed by atoms with E-state index in [0.29, 0.717) is 11.1 Å². The third kappa shape index (κ3) is 5.36. The number of alkyl halides is 1. The Morgan fingerprint density at radius 1 is 1.33 bits per heavy atom. The highest BCUT2D eigenvalue weighted by atomic mass is 32.2. The number of pyridine rings is 1. The van der Waals surface area contributed by atoms with Gasteiger partial charge in [0.2, 0.25) is 0 Å². The summed E-state index contributed by atoms with van der Waals surface area (Å²) >= 11 is 0. The Morgan fingerprint density at radius 3 is 2.86 bits per heavy atom. The number of nitrogens with zero attached hydrogens (tertiary/aromatic N) is 4. The first-order chi connectivity index (χ1) is 17.1. The molecule has 3 aromatic heterocycles. The number of halogens is 1. The van der Waals surface area contributed by atoms with Crippen LogP contribution in [-0.4, -0.2) is 69.9 Å². The van der Waals surface area contributed by atoms with Crippen LogP contribution in [0.5, 0.6) is 0 Å². The van der Waals surface area contributed by atoms with Crippen LogP contribution in [0.2, 0.25) is 0 Å². The Kier molecular flexibility index (Phi) is 7.31. The van der Waals surface area contributed by atoms with Gasteiger partial charge >= 0.3 is 10.3 Å². The molecule has 0 bridgehead atoms. The van der Waals surface area contributed by atoms with Crippen molar-refractivity contribution in [1.82, 2.24) is 23.8 Å². The third-order valence-electron chi connectivity index (χ3n) is 5.92. The van der Waals surface area contributed by atoms with Crippen molar-refractivity contribution in [2.45, 2.75) is 37.4 Å². The van der Waals surface area contributed by atoms with Crippen LogP contribution in [0, 0.1) is 0 Å². The molecule has 14 heteroatoms. The second-order valence-corrected chi connectivity index (χ2v) is 9.86. The number of hydrogen-bond acceptors (Lipinski definition) is 9. The SMILES string of the molecule is CNS(=O)(=O)O[C@@H]1C[C@@H](Nc2ncncc2C(=O)c2ccn(Cc3cccn(C)c3=O)c2)[C@@H](F)[C@@H]1O. The number of anilines is 1. The van der Waals surface area contributed by atoms with E-state index in [2.05, 4.69) is 15.3 Å². The molecule has 0 spiro atoms. The summed E-state index contributed by atoms with van der Waals surface area (Å²) in [4.78, 5) is 33.4. The molecule has 36 heavy (non-hydrogen) atoms. The van der Waals surface area contributed by atoms with Gasteiger partial charge in [-0.1, -0.05) is 6.07 Å². The Balaban J connectivity index is 1.51. The molecule has 1 fully saturated rings. The highest BCUT2D eigenvalue weighted by Crippen LogP contribution is 2.30. The van der Waals surface area contributed by atoms with Gasteiger partial charge in [0, 0.05) is 56.4 Å². The monoisotopic (exact) mass is 520 g/mol. The van der Waals surface area contributed by atoms with Crippen molar-refractivity contribution in [3.05, 3.63) is 76.4 Å². The van der Waals surface area contributed by atoms with Crippen molar-refractivity contribution in [3.8, 4) is 0 Å². The van der Waals surface area contributed by atoms with Crippen molar-refractivity contribution in [3.63, 3.8) is 0 Å². The number of aliphatic hydroxyl groups is 1. The molecule has 4 atom stereocenters. The molecule has 192 valence electrons. The van der Waals surface area contributed by atoms with Gasteiger partial charge in [-0.15, -0.1) is 0 Å². The predicted octanol–water partition coefficient (Wildman–Crippen LogP) is -0.0113. The fourth-order valence-corrected chi connectivity index (χ4v) is 4.61. The quantitative estimate of drug-likeness (QED) is 0.330. The summed E-state index contributed by atoms with van der Waals surface area (Å²) in [7, 11) is -1.36. The largest absolute Gasteiger partial charge is 0.387 e. The fourth-order valence-electron chi connectivity index (χ4n) is 3.99. The minimum absolute atomic E-state index is 0.0247. The maximum absolute atomic E-state index is 14.8. The lowest BCUT2D eigenvalue weighted by atomic mass is 10.1. The maximum Gasteiger partial charge on any atom is 0.335 e. The molecule has 1 saturated carbocycles. The molecule has 3 aromatic rings. The van der Waals surface area contributed by atoms with E-state index in [-0.39, 0.29) is 29.9 Å². The van der Waals surface area contributed by atoms with Crippen LogP contribution in [0.4, 0.5) is 10.2 Å². The zero-order valence-corrected chi connectivity index (χ0v) is 20.2. The van der Waals surface area contributed by atoms with Crippen molar-refractivity contribution >= 4 is 21.9 Å². The van der Waals surface area contributed by atoms with Crippen molar-refractivity contribution in [1.29, 1.82) is 0 Å². The molecule has 3 heterocycles. The van der Waals surface area contributed by atoms with Crippen LogP contribution >= 0.6 is 0 Å². The van der Waals surface area contributed by atoms with Gasteiger partial charge in [-0.25, -0.2) is 14.4 Å². The zero-order chi connectivity index (χ0) is 26.0. The van der Waals surface area contributed by atoms with E-state index in [1.165, 1.54) is 17.1 Å². The van der Waals surface area contributed by atoms with Gasteiger partial charge in [-0.2, -0.15) is 13.1 Å². The Bertz CT molecular complexity index is 1420. The van der Waals surface area contributed by atoms with E-state index in [1.54, 1.807) is 48.4 Å². The molecule has 4 rings (SSSR count). The van der Waals surface area contributed by atoms with Gasteiger partial charge < -0.3 is 19.6 Å². The number of ketones is 1. The van der Waals surface area contributed by atoms with Crippen LogP contribution in [0.25, 0.3) is 0 Å². The molecular weight excluding hydrogens is 495 g/mol. The first-order valence-electron chi connectivity index (χ1n) is 10.9. The summed E-state index contributed by atoms with van der Waals surface area (Å²) in [5.41, 5.74) is 0.752. The lowest BCUT2D eigenvalue weighted by Gasteiger charge is -2.17. The van der Waals surface area contributed by atoms with Gasteiger partial charge in [-0.05, 0) is 12.1 Å². The minimum Gasteiger partial charge on any atom is -0.387 e. The first kappa shape index (κ1) is 25.6. The van der Waals surface area contributed by atoms with Gasteiger partial charge in [0.1, 0.15) is 30.5 Å². The Hall–Kier alpha value is -3.46. The van der Waals surface area contributed by atoms with E-state index in [9.17, 15) is 27.5 Å². The first-order valence-corrected chi connectivity index (χ1v) is 12.4. The number of nitrogens with one attached hydrogen (secondary N) is 2. The number of carbonyl (C=O) groups is 1. The predicted molar refractivity (Wildman–Crippen MR) is 126 cm³/mol. The van der Waals surface area contributed by atoms with E-state index >= 15 is 0 Å². The molecule has 0 aliphatic heterocycles. The molecule has 12 nitrogen and oxygen atoms in total. The van der Waals surface area contributed by atoms with E-state index in [4.69, 9.17) is 4.18 Å². The van der Waals surface area contributed by atoms with Crippen molar-refractivity contribution < 1.29 is 26.9 Å². The van der Waals surface area contributed by atoms with Crippen LogP contribution in [0.3, 0.4) is 0 Å². The van der Waals surface area contributed by atoms with Crippen LogP contribution in [-0.2, 0) is 28.1 Å². The van der Waals surface area contributed by atoms with E-state index in [1.807, 2.05) is 4.72 Å². The van der Waals surface area contributed by atoms with Crippen molar-refractivity contribution in [2.75, 3.05) is 12.4 Å². The van der Waals surface area contributed by atoms with Crippen molar-refractivity contribution in [2.24, 2.45) is 7.05 Å². The minimum atomic E-state index is -4.15. The second-order valence-electron chi connectivity index (χ2n) is 8.35. The number of rotatable bonds is 9. The molecular formula is C22H25FN6O6S. The molecule has 0 amide bonds. The van der Waals surface area contributed by atoms with E-state index < -0.39 is 40.5 Å². The van der Waals surface area contributed by atoms with Gasteiger partial charge in [-0.3, -0.25) is 13.8 Å². The van der Waals surface area contributed by atoms with Gasteiger partial charge in [0.15, 0.2) is 5.78 Å². The topological polar surface area (TPSA) is 157 Å². The Labute approximate surface area is 206 Å². The van der Waals surface area contributed by atoms with Gasteiger partial charge in [0.25, 0.3) is 5.56 Å². The molecule has 3 N–H and O–H groups in total. The number of aliphatic hydroxyl groups excluding tert-OH is 1. The number of aryl methyl sites for hydroxylation is 1. The fraction of sp³-hybridized carbons (Fsp3) is 0.364. The Morgan fingerprint density at radius 2 is 2.11 bits per heavy atom. The summed E-state index contributed by atoms with van der Waals surface area (Å²) in [6, 6.07) is 3.97. The standard InChI is InChI=1S/C22H25FN6O6S/c1-24-36(33,34)35-17-8-16(18(23)20(17)31)27-21-15(9-25-12-26-21)19(30)13-5-7-29(10-13)11-14-4-3-6-28(2)22(14)32/h3-7,9-10,12,16-18,20,24,31H,8,11H2,1-2H3,(H,25,26,27)/t16-,17-,18-,20-/m1/s1. The van der Waals surface area contributed by atoms with Crippen LogP contribution in [0.1, 0.15) is 27.9 Å². The third-order valence-corrected chi connectivity index (χ3v) is 6.93. The lowest BCUT2D eigenvalue weighted by molar-refractivity contribution is 0.0248. The maximum atomic E-state index is 14.8. The molecule has 1 aliphatic rings. The highest BCUT2D eigenvalue weighted by molar-refractivity contribution is 7.84. The summed E-state index contributed by atoms with van der Waals surface area (Å²) in [6.07, 6.45) is 2.24. The average Bonchev–Trinajstić information content (AvgIpc) is 3.42. The molecule has 0 radical (unpaired) electrons. The number of aromatic nitrogens is 4. The number of hydrogen-bond donors (Lipinski definition) is 3. The van der Waals surface area contributed by atoms with Gasteiger partial charge in [0.05, 0.1) is 18.2 Å². The summed E-state index contributed by atoms with van der Waals surface area (Å²) < 4.78 is 48.0. The smallest absolute Gasteiger partial charge is 0.335 e. The second kappa shape index (κ2) is 10.3. The molecule has 0 saturated heterocycles. The zero-order valence-electron chi connectivity index (χ0n) is 19.4. The molecule has 0 aromatic carbocycles. The molecule has 1 aliphatic carbocycles. The molecule has 0 unspecified atom stereocenters. The van der Waals surface area contributed by atoms with Crippen LogP contribution in [0.15, 0.2) is 54.1 Å². The highest BCUT2D eigenvalue weighted by Gasteiger charge is 2.46. The lowest BCUT2D eigenvalue weighted by Crippen LogP contribution is -2.35. The number of carbonyl (C=O) groups excluding carboxylic acids is 1. The summed E-state index contributed by atoms with van der Waals surface area (Å²) in [6.45, 7) is 0.262. The average molecular weight is 521 g/mol. The van der Waals surface area contributed by atoms with Crippen LogP contribution < -0.4 is 15.6 Å².